The fourth-order valence-electron chi connectivity index (χ4n) is 1.55. The van der Waals surface area contributed by atoms with Gasteiger partial charge in [-0.15, -0.1) is 0 Å². The van der Waals surface area contributed by atoms with E-state index in [0.29, 0.717) is 11.9 Å². The van der Waals surface area contributed by atoms with Gasteiger partial charge in [-0.2, -0.15) is 11.8 Å². The molecule has 4 heteroatoms. The molecule has 0 spiro atoms. The molecule has 2 unspecified atom stereocenters. The van der Waals surface area contributed by atoms with Gasteiger partial charge in [0.15, 0.2) is 0 Å². The third-order valence-electron chi connectivity index (χ3n) is 2.62. The largest absolute Gasteiger partial charge is 0.387 e. The molecule has 0 aromatic carbocycles. The quantitative estimate of drug-likeness (QED) is 0.527. The minimum Gasteiger partial charge on any atom is -0.387 e. The molecule has 3 nitrogen and oxygen atoms in total. The summed E-state index contributed by atoms with van der Waals surface area (Å²) in [6.07, 6.45) is 1.28. The number of hydrogen-bond donors (Lipinski definition) is 2. The molecular formula is C9H19N3S. The van der Waals surface area contributed by atoms with Gasteiger partial charge in [0, 0.05) is 24.3 Å². The maximum absolute atomic E-state index is 7.31. The van der Waals surface area contributed by atoms with Crippen LogP contribution < -0.4 is 5.73 Å². The molecule has 1 aliphatic rings. The minimum absolute atomic E-state index is 0.190. The summed E-state index contributed by atoms with van der Waals surface area (Å²) in [5.41, 5.74) is 5.43. The predicted octanol–water partition coefficient (Wildman–Crippen LogP) is 0.996. The highest BCUT2D eigenvalue weighted by Crippen LogP contribution is 2.21. The van der Waals surface area contributed by atoms with Crippen LogP contribution in [0.3, 0.4) is 0 Å². The van der Waals surface area contributed by atoms with Crippen molar-refractivity contribution < 1.29 is 0 Å². The molecule has 0 aliphatic carbocycles. The van der Waals surface area contributed by atoms with Crippen LogP contribution in [0, 0.1) is 11.3 Å². The van der Waals surface area contributed by atoms with E-state index >= 15 is 0 Å². The number of nitrogens with two attached hydrogens (primary N) is 1. The SMILES string of the molecule is CC(CN(C)C1CCSC1)C(=N)N. The van der Waals surface area contributed by atoms with Crippen molar-refractivity contribution in [3.8, 4) is 0 Å². The molecule has 0 aromatic rings. The Labute approximate surface area is 84.6 Å². The highest BCUT2D eigenvalue weighted by molar-refractivity contribution is 7.99. The molecule has 0 aromatic heterocycles. The van der Waals surface area contributed by atoms with Crippen LogP contribution in [0.5, 0.6) is 0 Å². The summed E-state index contributed by atoms with van der Waals surface area (Å²) in [4.78, 5) is 2.34. The third kappa shape index (κ3) is 3.19. The van der Waals surface area contributed by atoms with Crippen molar-refractivity contribution in [2.75, 3.05) is 25.1 Å². The molecule has 0 amide bonds. The Kier molecular flexibility index (Phi) is 4.06. The smallest absolute Gasteiger partial charge is 0.0947 e. The number of nitrogens with zero attached hydrogens (tertiary/aromatic N) is 1. The Bertz CT molecular complexity index is 178. The fourth-order valence-corrected chi connectivity index (χ4v) is 2.85. The number of hydrogen-bond acceptors (Lipinski definition) is 3. The average molecular weight is 201 g/mol. The van der Waals surface area contributed by atoms with Crippen LogP contribution in [0.1, 0.15) is 13.3 Å². The van der Waals surface area contributed by atoms with Crippen molar-refractivity contribution in [3.63, 3.8) is 0 Å². The monoisotopic (exact) mass is 201 g/mol. The molecule has 1 aliphatic heterocycles. The number of amidine groups is 1. The van der Waals surface area contributed by atoms with Gasteiger partial charge < -0.3 is 10.6 Å². The lowest BCUT2D eigenvalue weighted by Crippen LogP contribution is -2.38. The summed E-state index contributed by atoms with van der Waals surface area (Å²) in [7, 11) is 2.13. The van der Waals surface area contributed by atoms with Gasteiger partial charge in [-0.3, -0.25) is 5.41 Å². The molecule has 1 rings (SSSR count). The van der Waals surface area contributed by atoms with Crippen LogP contribution in [0.2, 0.25) is 0 Å². The second kappa shape index (κ2) is 4.86. The lowest BCUT2D eigenvalue weighted by molar-refractivity contribution is 0.248. The fraction of sp³-hybridized carbons (Fsp3) is 0.889. The molecule has 76 valence electrons. The van der Waals surface area contributed by atoms with Crippen LogP contribution in [0.25, 0.3) is 0 Å². The molecule has 13 heavy (non-hydrogen) atoms. The highest BCUT2D eigenvalue weighted by atomic mass is 32.2. The second-order valence-electron chi connectivity index (χ2n) is 3.81. The van der Waals surface area contributed by atoms with E-state index in [1.807, 2.05) is 18.7 Å². The van der Waals surface area contributed by atoms with Crippen molar-refractivity contribution in [3.05, 3.63) is 0 Å². The molecule has 1 heterocycles. The van der Waals surface area contributed by atoms with E-state index in [0.717, 1.165) is 6.54 Å². The van der Waals surface area contributed by atoms with Gasteiger partial charge in [-0.25, -0.2) is 0 Å². The lowest BCUT2D eigenvalue weighted by atomic mass is 10.1. The zero-order valence-electron chi connectivity index (χ0n) is 8.42. The van der Waals surface area contributed by atoms with Gasteiger partial charge in [0.05, 0.1) is 5.84 Å². The maximum Gasteiger partial charge on any atom is 0.0947 e. The highest BCUT2D eigenvalue weighted by Gasteiger charge is 2.21. The summed E-state index contributed by atoms with van der Waals surface area (Å²) >= 11 is 2.02. The third-order valence-corrected chi connectivity index (χ3v) is 3.77. The molecule has 0 bridgehead atoms. The summed E-state index contributed by atoms with van der Waals surface area (Å²) in [6.45, 7) is 2.93. The van der Waals surface area contributed by atoms with Crippen molar-refractivity contribution in [1.29, 1.82) is 5.41 Å². The lowest BCUT2D eigenvalue weighted by Gasteiger charge is -2.26. The number of thioether (sulfide) groups is 1. The Balaban J connectivity index is 2.30. The molecule has 1 fully saturated rings. The van der Waals surface area contributed by atoms with Crippen molar-refractivity contribution in [2.24, 2.45) is 11.7 Å². The van der Waals surface area contributed by atoms with Gasteiger partial charge in [0.1, 0.15) is 0 Å². The molecule has 3 N–H and O–H groups in total. The van der Waals surface area contributed by atoms with Crippen LogP contribution in [-0.4, -0.2) is 41.9 Å². The van der Waals surface area contributed by atoms with E-state index in [-0.39, 0.29) is 5.92 Å². The first-order chi connectivity index (χ1) is 6.11. The van der Waals surface area contributed by atoms with E-state index < -0.39 is 0 Å². The topological polar surface area (TPSA) is 53.1 Å². The zero-order valence-corrected chi connectivity index (χ0v) is 9.23. The summed E-state index contributed by atoms with van der Waals surface area (Å²) < 4.78 is 0. The van der Waals surface area contributed by atoms with Crippen molar-refractivity contribution >= 4 is 17.6 Å². The van der Waals surface area contributed by atoms with E-state index in [4.69, 9.17) is 11.1 Å². The molecule has 2 atom stereocenters. The minimum atomic E-state index is 0.190. The Morgan fingerprint density at radius 3 is 2.92 bits per heavy atom. The second-order valence-corrected chi connectivity index (χ2v) is 4.96. The average Bonchev–Trinajstić information content (AvgIpc) is 2.55. The van der Waals surface area contributed by atoms with Crippen LogP contribution in [-0.2, 0) is 0 Å². The summed E-state index contributed by atoms with van der Waals surface area (Å²) in [5, 5.41) is 7.31. The van der Waals surface area contributed by atoms with E-state index in [1.165, 1.54) is 17.9 Å². The molecule has 1 saturated heterocycles. The van der Waals surface area contributed by atoms with Crippen LogP contribution in [0.15, 0.2) is 0 Å². The van der Waals surface area contributed by atoms with Gasteiger partial charge in [-0.05, 0) is 19.2 Å². The molecule has 0 saturated carbocycles. The van der Waals surface area contributed by atoms with E-state index in [2.05, 4.69) is 11.9 Å². The van der Waals surface area contributed by atoms with E-state index in [9.17, 15) is 0 Å². The van der Waals surface area contributed by atoms with Gasteiger partial charge >= 0.3 is 0 Å². The molecule has 0 radical (unpaired) electrons. The van der Waals surface area contributed by atoms with Crippen LogP contribution >= 0.6 is 11.8 Å². The first-order valence-corrected chi connectivity index (χ1v) is 5.88. The first kappa shape index (κ1) is 10.9. The Hall–Kier alpha value is -0.220. The van der Waals surface area contributed by atoms with Gasteiger partial charge in [-0.1, -0.05) is 6.92 Å². The Morgan fingerprint density at radius 2 is 2.46 bits per heavy atom. The van der Waals surface area contributed by atoms with E-state index in [1.54, 1.807) is 0 Å². The summed E-state index contributed by atoms with van der Waals surface area (Å²) in [5.74, 6) is 3.01. The predicted molar refractivity (Wildman–Crippen MR) is 59.4 cm³/mol. The Morgan fingerprint density at radius 1 is 1.77 bits per heavy atom. The zero-order chi connectivity index (χ0) is 9.84. The van der Waals surface area contributed by atoms with Crippen molar-refractivity contribution in [1.82, 2.24) is 4.90 Å². The standard InChI is InChI=1S/C9H19N3S/c1-7(9(10)11)5-12(2)8-3-4-13-6-8/h7-8H,3-6H2,1-2H3,(H3,10,11). The van der Waals surface area contributed by atoms with Gasteiger partial charge in [0.25, 0.3) is 0 Å². The van der Waals surface area contributed by atoms with Crippen LogP contribution in [0.4, 0.5) is 0 Å². The molecular weight excluding hydrogens is 182 g/mol. The maximum atomic E-state index is 7.31. The van der Waals surface area contributed by atoms with Crippen molar-refractivity contribution in [2.45, 2.75) is 19.4 Å². The first-order valence-electron chi connectivity index (χ1n) is 4.73. The summed E-state index contributed by atoms with van der Waals surface area (Å²) in [6, 6.07) is 0.701. The number of rotatable bonds is 4. The number of nitrogens with one attached hydrogen (secondary N) is 1. The normalized spacial score (nSPS) is 25.0. The van der Waals surface area contributed by atoms with Gasteiger partial charge in [0.2, 0.25) is 0 Å².